The summed E-state index contributed by atoms with van der Waals surface area (Å²) in [6.45, 7) is 0. The molecule has 0 aliphatic rings. The minimum Gasteiger partial charge on any atom is -0.377 e. The first-order valence-electron chi connectivity index (χ1n) is 8.66. The standard InChI is InChI=1S/C20H20N4O2S2/c1-23(2)17-9-4-8-15-14(17)7-5-11-19(15)28(25,26)22-20-13-16(21-24(20)3)18-10-6-12-27-18/h4-13,22H,1-3H3. The molecule has 0 saturated carbocycles. The molecule has 0 aliphatic carbocycles. The summed E-state index contributed by atoms with van der Waals surface area (Å²) in [6.07, 6.45) is 0. The van der Waals surface area contributed by atoms with Crippen LogP contribution in [0.15, 0.2) is 64.9 Å². The van der Waals surface area contributed by atoms with Gasteiger partial charge in [-0.2, -0.15) is 5.10 Å². The Hall–Kier alpha value is -2.84. The molecule has 4 aromatic rings. The SMILES string of the molecule is CN(C)c1cccc2c(S(=O)(=O)Nc3cc(-c4cccs4)nn3C)cccc12. The van der Waals surface area contributed by atoms with Gasteiger partial charge in [0.25, 0.3) is 10.0 Å². The molecular weight excluding hydrogens is 392 g/mol. The van der Waals surface area contributed by atoms with E-state index in [-0.39, 0.29) is 4.90 Å². The second kappa shape index (κ2) is 6.96. The lowest BCUT2D eigenvalue weighted by molar-refractivity contribution is 0.601. The van der Waals surface area contributed by atoms with Gasteiger partial charge in [0.1, 0.15) is 11.5 Å². The number of fused-ring (bicyclic) bond motifs is 1. The minimum atomic E-state index is -3.79. The Morgan fingerprint density at radius 3 is 2.50 bits per heavy atom. The lowest BCUT2D eigenvalue weighted by Crippen LogP contribution is -2.16. The highest BCUT2D eigenvalue weighted by molar-refractivity contribution is 7.93. The van der Waals surface area contributed by atoms with E-state index in [0.717, 1.165) is 21.6 Å². The van der Waals surface area contributed by atoms with Gasteiger partial charge in [0, 0.05) is 43.7 Å². The fourth-order valence-electron chi connectivity index (χ4n) is 3.19. The first kappa shape index (κ1) is 18.5. The molecule has 1 N–H and O–H groups in total. The third-order valence-corrected chi connectivity index (χ3v) is 6.83. The van der Waals surface area contributed by atoms with Crippen LogP contribution in [0, 0.1) is 0 Å². The van der Waals surface area contributed by atoms with E-state index in [1.807, 2.05) is 60.8 Å². The molecule has 2 heterocycles. The van der Waals surface area contributed by atoms with E-state index in [9.17, 15) is 8.42 Å². The summed E-state index contributed by atoms with van der Waals surface area (Å²) in [5, 5.41) is 7.96. The van der Waals surface area contributed by atoms with Gasteiger partial charge in [-0.3, -0.25) is 9.40 Å². The van der Waals surface area contributed by atoms with Crippen LogP contribution in [0.4, 0.5) is 11.5 Å². The maximum absolute atomic E-state index is 13.2. The van der Waals surface area contributed by atoms with Crippen molar-refractivity contribution in [1.82, 2.24) is 9.78 Å². The number of sulfonamides is 1. The quantitative estimate of drug-likeness (QED) is 0.534. The zero-order chi connectivity index (χ0) is 19.9. The Morgan fingerprint density at radius 1 is 1.04 bits per heavy atom. The minimum absolute atomic E-state index is 0.243. The van der Waals surface area contributed by atoms with E-state index >= 15 is 0 Å². The molecule has 0 bridgehead atoms. The van der Waals surface area contributed by atoms with Gasteiger partial charge in [-0.15, -0.1) is 11.3 Å². The molecule has 28 heavy (non-hydrogen) atoms. The summed E-state index contributed by atoms with van der Waals surface area (Å²) >= 11 is 1.56. The van der Waals surface area contributed by atoms with Crippen LogP contribution in [-0.4, -0.2) is 32.3 Å². The average Bonchev–Trinajstić information content (AvgIpc) is 3.30. The molecule has 0 saturated heterocycles. The van der Waals surface area contributed by atoms with Crippen molar-refractivity contribution in [2.75, 3.05) is 23.7 Å². The van der Waals surface area contributed by atoms with E-state index in [4.69, 9.17) is 0 Å². The van der Waals surface area contributed by atoms with E-state index in [0.29, 0.717) is 11.2 Å². The number of aryl methyl sites for hydroxylation is 1. The summed E-state index contributed by atoms with van der Waals surface area (Å²) in [4.78, 5) is 3.20. The lowest BCUT2D eigenvalue weighted by atomic mass is 10.1. The third-order valence-electron chi connectivity index (χ3n) is 4.52. The average molecular weight is 413 g/mol. The molecule has 4 rings (SSSR count). The number of thiophene rings is 1. The predicted molar refractivity (Wildman–Crippen MR) is 116 cm³/mol. The Morgan fingerprint density at radius 2 is 1.79 bits per heavy atom. The van der Waals surface area contributed by atoms with E-state index < -0.39 is 10.0 Å². The summed E-state index contributed by atoms with van der Waals surface area (Å²) < 4.78 is 30.6. The van der Waals surface area contributed by atoms with Crippen LogP contribution in [0.5, 0.6) is 0 Å². The zero-order valence-electron chi connectivity index (χ0n) is 15.7. The summed E-state index contributed by atoms with van der Waals surface area (Å²) in [5.41, 5.74) is 1.71. The second-order valence-electron chi connectivity index (χ2n) is 6.64. The molecule has 0 fully saturated rings. The van der Waals surface area contributed by atoms with E-state index in [2.05, 4.69) is 9.82 Å². The number of anilines is 2. The molecule has 0 spiro atoms. The van der Waals surface area contributed by atoms with Gasteiger partial charge in [0.15, 0.2) is 0 Å². The van der Waals surface area contributed by atoms with Crippen LogP contribution in [0.25, 0.3) is 21.3 Å². The van der Waals surface area contributed by atoms with Gasteiger partial charge in [0.2, 0.25) is 0 Å². The number of benzene rings is 2. The predicted octanol–water partition coefficient (Wildman–Crippen LogP) is 4.17. The molecular formula is C20H20N4O2S2. The van der Waals surface area contributed by atoms with Crippen LogP contribution < -0.4 is 9.62 Å². The monoisotopic (exact) mass is 412 g/mol. The van der Waals surface area contributed by atoms with Crippen molar-refractivity contribution >= 4 is 43.6 Å². The van der Waals surface area contributed by atoms with Crippen LogP contribution >= 0.6 is 11.3 Å². The Labute approximate surface area is 168 Å². The molecule has 2 aromatic heterocycles. The van der Waals surface area contributed by atoms with Crippen molar-refractivity contribution in [2.45, 2.75) is 4.90 Å². The number of aromatic nitrogens is 2. The molecule has 0 radical (unpaired) electrons. The maximum atomic E-state index is 13.2. The lowest BCUT2D eigenvalue weighted by Gasteiger charge is -2.17. The molecule has 0 unspecified atom stereocenters. The van der Waals surface area contributed by atoms with Gasteiger partial charge < -0.3 is 4.90 Å². The van der Waals surface area contributed by atoms with Gasteiger partial charge in [-0.05, 0) is 23.6 Å². The maximum Gasteiger partial charge on any atom is 0.263 e. The molecule has 144 valence electrons. The Kier molecular flexibility index (Phi) is 4.60. The molecule has 8 heteroatoms. The van der Waals surface area contributed by atoms with Crippen LogP contribution in [0.3, 0.4) is 0 Å². The van der Waals surface area contributed by atoms with Crippen LogP contribution in [0.1, 0.15) is 0 Å². The largest absolute Gasteiger partial charge is 0.377 e. The number of nitrogens with zero attached hydrogens (tertiary/aromatic N) is 3. The Balaban J connectivity index is 1.77. The molecule has 6 nitrogen and oxygen atoms in total. The van der Waals surface area contributed by atoms with Crippen molar-refractivity contribution in [3.8, 4) is 10.6 Å². The highest BCUT2D eigenvalue weighted by atomic mass is 32.2. The Bertz CT molecular complexity index is 1240. The molecule has 0 aliphatic heterocycles. The summed E-state index contributed by atoms with van der Waals surface area (Å²) in [7, 11) is 1.82. The van der Waals surface area contributed by atoms with Crippen LogP contribution in [0.2, 0.25) is 0 Å². The first-order chi connectivity index (χ1) is 13.4. The highest BCUT2D eigenvalue weighted by Crippen LogP contribution is 2.32. The van der Waals surface area contributed by atoms with Crippen molar-refractivity contribution in [3.05, 3.63) is 60.0 Å². The fourth-order valence-corrected chi connectivity index (χ4v) is 5.17. The number of hydrogen-bond donors (Lipinski definition) is 1. The molecule has 0 amide bonds. The number of rotatable bonds is 5. The molecule has 0 atom stereocenters. The van der Waals surface area contributed by atoms with Gasteiger partial charge in [-0.25, -0.2) is 8.42 Å². The fraction of sp³-hybridized carbons (Fsp3) is 0.150. The normalized spacial score (nSPS) is 11.7. The first-order valence-corrected chi connectivity index (χ1v) is 11.0. The van der Waals surface area contributed by atoms with Crippen molar-refractivity contribution in [2.24, 2.45) is 7.05 Å². The van der Waals surface area contributed by atoms with Gasteiger partial charge in [0.05, 0.1) is 9.77 Å². The van der Waals surface area contributed by atoms with Gasteiger partial charge in [-0.1, -0.05) is 30.3 Å². The third kappa shape index (κ3) is 3.25. The van der Waals surface area contributed by atoms with Crippen molar-refractivity contribution < 1.29 is 8.42 Å². The second-order valence-corrected chi connectivity index (χ2v) is 9.24. The number of nitrogens with one attached hydrogen (secondary N) is 1. The summed E-state index contributed by atoms with van der Waals surface area (Å²) in [5.74, 6) is 0.421. The van der Waals surface area contributed by atoms with E-state index in [1.54, 1.807) is 41.3 Å². The van der Waals surface area contributed by atoms with Gasteiger partial charge >= 0.3 is 0 Å². The highest BCUT2D eigenvalue weighted by Gasteiger charge is 2.21. The van der Waals surface area contributed by atoms with E-state index in [1.165, 1.54) is 0 Å². The van der Waals surface area contributed by atoms with Crippen LogP contribution in [-0.2, 0) is 17.1 Å². The topological polar surface area (TPSA) is 67.2 Å². The smallest absolute Gasteiger partial charge is 0.263 e. The zero-order valence-corrected chi connectivity index (χ0v) is 17.4. The van der Waals surface area contributed by atoms with Crippen molar-refractivity contribution in [3.63, 3.8) is 0 Å². The summed E-state index contributed by atoms with van der Waals surface area (Å²) in [6, 6.07) is 16.6. The van der Waals surface area contributed by atoms with Crippen molar-refractivity contribution in [1.29, 1.82) is 0 Å². The molecule has 2 aromatic carbocycles. The number of hydrogen-bond acceptors (Lipinski definition) is 5.